The van der Waals surface area contributed by atoms with Crippen molar-refractivity contribution >= 4 is 31.5 Å². The van der Waals surface area contributed by atoms with Crippen LogP contribution in [0.1, 0.15) is 47.8 Å². The number of aldehydes is 1. The molecule has 0 atom stereocenters. The molecule has 3 N–H and O–H groups in total. The number of carbonyl (C=O) groups is 4. The van der Waals surface area contributed by atoms with Crippen LogP contribution in [0.25, 0.3) is 0 Å². The predicted octanol–water partition coefficient (Wildman–Crippen LogP) is -8.98. The average molecular weight is 566 g/mol. The Morgan fingerprint density at radius 3 is 1.76 bits per heavy atom. The third kappa shape index (κ3) is 10.3. The third-order valence-electron chi connectivity index (χ3n) is 4.38. The third-order valence-corrected chi connectivity index (χ3v) is 4.83. The Kier molecular flexibility index (Phi) is 18.5. The number of hydrogen-bond acceptors (Lipinski definition) is 12. The number of aromatic hydroxyl groups is 2. The summed E-state index contributed by atoms with van der Waals surface area (Å²) in [6.07, 6.45) is 0.350. The van der Waals surface area contributed by atoms with E-state index in [9.17, 15) is 29.7 Å². The molecule has 37 heavy (non-hydrogen) atoms. The first-order valence-electron chi connectivity index (χ1n) is 8.96. The smallest absolute Gasteiger partial charge is 0.807 e. The molecule has 0 spiro atoms. The van der Waals surface area contributed by atoms with E-state index in [0.717, 1.165) is 0 Å². The Bertz CT molecular complexity index is 1220. The van der Waals surface area contributed by atoms with Crippen LogP contribution in [0, 0.1) is 20.8 Å². The maximum absolute atomic E-state index is 12.6. The number of ether oxygens (including phenoxy) is 2. The minimum Gasteiger partial charge on any atom is -0.807 e. The van der Waals surface area contributed by atoms with Crippen molar-refractivity contribution in [2.24, 2.45) is 0 Å². The SMILES string of the molecule is COc1cc(C)c(C(=O)Oc2cc(C)c(O)c(C(=O)O)c2C)c(O)c1C=O.O=C([O-])P(=O)([O-])[O-].[Na+].[Na+].[Na+]. The minimum absolute atomic E-state index is 0. The van der Waals surface area contributed by atoms with Crippen molar-refractivity contribution in [2.75, 3.05) is 7.11 Å². The number of esters is 1. The van der Waals surface area contributed by atoms with E-state index in [1.807, 2.05) is 0 Å². The number of carboxylic acids is 1. The zero-order chi connectivity index (χ0) is 26.5. The van der Waals surface area contributed by atoms with E-state index < -0.39 is 36.7 Å². The van der Waals surface area contributed by atoms with Gasteiger partial charge in [0, 0.05) is 5.56 Å². The second-order valence-electron chi connectivity index (χ2n) is 6.65. The zero-order valence-electron chi connectivity index (χ0n) is 21.1. The molecule has 17 heteroatoms. The Labute approximate surface area is 277 Å². The number of aromatic carboxylic acids is 1. The maximum Gasteiger partial charge on any atom is 1.00 e. The van der Waals surface area contributed by atoms with Gasteiger partial charge in [0.05, 0.1) is 18.4 Å². The number of aryl methyl sites for hydroxylation is 2. The quantitative estimate of drug-likeness (QED) is 0.0970. The molecule has 0 aliphatic heterocycles. The van der Waals surface area contributed by atoms with Crippen molar-refractivity contribution in [3.05, 3.63) is 45.5 Å². The topological polar surface area (TPSA) is 234 Å². The molecule has 0 aromatic heterocycles. The molecule has 0 saturated carbocycles. The van der Waals surface area contributed by atoms with Crippen molar-refractivity contribution in [1.82, 2.24) is 0 Å². The molecule has 0 aliphatic carbocycles. The second-order valence-corrected chi connectivity index (χ2v) is 8.01. The first-order chi connectivity index (χ1) is 15.6. The molecule has 184 valence electrons. The summed E-state index contributed by atoms with van der Waals surface area (Å²) in [4.78, 5) is 62.5. The van der Waals surface area contributed by atoms with Crippen LogP contribution in [-0.4, -0.2) is 46.4 Å². The normalized spacial score (nSPS) is 9.68. The van der Waals surface area contributed by atoms with Crippen LogP contribution in [0.5, 0.6) is 23.0 Å². The molecule has 0 aliphatic rings. The monoisotopic (exact) mass is 566 g/mol. The molecular weight excluding hydrogens is 548 g/mol. The first-order valence-corrected chi connectivity index (χ1v) is 10.5. The van der Waals surface area contributed by atoms with Gasteiger partial charge in [-0.15, -0.1) is 0 Å². The number of phenols is 2. The number of carbonyl (C=O) groups excluding carboxylic acids is 3. The van der Waals surface area contributed by atoms with Crippen LogP contribution < -0.4 is 113 Å². The Balaban J connectivity index is -0.00000102. The van der Waals surface area contributed by atoms with E-state index in [4.69, 9.17) is 33.7 Å². The molecule has 2 aromatic rings. The molecule has 2 aromatic carbocycles. The molecule has 13 nitrogen and oxygen atoms in total. The second kappa shape index (κ2) is 16.9. The van der Waals surface area contributed by atoms with Gasteiger partial charge in [0.15, 0.2) is 6.29 Å². The average Bonchev–Trinajstić information content (AvgIpc) is 2.71. The van der Waals surface area contributed by atoms with Crippen LogP contribution in [-0.2, 0) is 4.57 Å². The number of methoxy groups -OCH3 is 1. The number of phenolic OH excluding ortho intramolecular Hbond substituents is 1. The van der Waals surface area contributed by atoms with Gasteiger partial charge in [0.25, 0.3) is 0 Å². The summed E-state index contributed by atoms with van der Waals surface area (Å²) < 4.78 is 19.4. The van der Waals surface area contributed by atoms with E-state index in [1.165, 1.54) is 40.0 Å². The van der Waals surface area contributed by atoms with Gasteiger partial charge >= 0.3 is 101 Å². The van der Waals surface area contributed by atoms with Gasteiger partial charge in [-0.05, 0) is 51.6 Å². The van der Waals surface area contributed by atoms with Crippen LogP contribution >= 0.6 is 7.60 Å². The standard InChI is InChI=1S/C19H18O8.CH3O5P.3Na/c1-8-5-13(26-4)11(7-20)17(22)14(8)19(25)27-12-6-9(2)16(21)15(10(12)3)18(23)24;2-1(3)7(4,5)6;;;/h5-7,21-22H,1-4H3,(H,23,24);(H,2,3)(H2,4,5,6);;;/q;;3*+1/p-3. The number of benzene rings is 2. The van der Waals surface area contributed by atoms with Crippen LogP contribution in [0.3, 0.4) is 0 Å². The van der Waals surface area contributed by atoms with E-state index in [2.05, 4.69) is 0 Å². The maximum atomic E-state index is 12.6. The van der Waals surface area contributed by atoms with Crippen molar-refractivity contribution in [3.63, 3.8) is 0 Å². The molecule has 0 amide bonds. The van der Waals surface area contributed by atoms with Gasteiger partial charge in [-0.2, -0.15) is 0 Å². The van der Waals surface area contributed by atoms with Crippen molar-refractivity contribution in [1.29, 1.82) is 0 Å². The molecule has 0 fully saturated rings. The van der Waals surface area contributed by atoms with E-state index in [0.29, 0.717) is 11.8 Å². The number of carboxylic acid groups (broad SMARTS) is 2. The summed E-state index contributed by atoms with van der Waals surface area (Å²) in [5.41, 5.74) is -2.87. The molecule has 0 heterocycles. The fourth-order valence-electron chi connectivity index (χ4n) is 2.71. The van der Waals surface area contributed by atoms with Gasteiger partial charge in [-0.1, -0.05) is 0 Å². The fourth-order valence-corrected chi connectivity index (χ4v) is 2.71. The minimum atomic E-state index is -5.43. The fraction of sp³-hybridized carbons (Fsp3) is 0.200. The molecule has 2 rings (SSSR count). The summed E-state index contributed by atoms with van der Waals surface area (Å²) in [5.74, 6) is -3.38. The van der Waals surface area contributed by atoms with E-state index in [1.54, 1.807) is 0 Å². The summed E-state index contributed by atoms with van der Waals surface area (Å²) in [6.45, 7) is 4.35. The Morgan fingerprint density at radius 1 is 0.919 bits per heavy atom. The van der Waals surface area contributed by atoms with Gasteiger partial charge in [0.2, 0.25) is 0 Å². The Morgan fingerprint density at radius 2 is 1.38 bits per heavy atom. The van der Waals surface area contributed by atoms with Crippen LogP contribution in [0.15, 0.2) is 12.1 Å². The largest absolute Gasteiger partial charge is 1.00 e. The van der Waals surface area contributed by atoms with E-state index in [-0.39, 0.29) is 128 Å². The van der Waals surface area contributed by atoms with Crippen molar-refractivity contribution in [2.45, 2.75) is 20.8 Å². The van der Waals surface area contributed by atoms with Crippen molar-refractivity contribution in [3.8, 4) is 23.0 Å². The number of hydrogen-bond donors (Lipinski definition) is 3. The zero-order valence-corrected chi connectivity index (χ0v) is 28.0. The summed E-state index contributed by atoms with van der Waals surface area (Å²) >= 11 is 0. The van der Waals surface area contributed by atoms with Crippen LogP contribution in [0.2, 0.25) is 0 Å². The summed E-state index contributed by atoms with van der Waals surface area (Å²) in [7, 11) is -4.12. The van der Waals surface area contributed by atoms with Gasteiger partial charge < -0.3 is 49.0 Å². The van der Waals surface area contributed by atoms with Crippen molar-refractivity contribution < 1.29 is 152 Å². The van der Waals surface area contributed by atoms with Gasteiger partial charge in [-0.25, -0.2) is 9.59 Å². The molecular formula is C20H18Na3O13P. The van der Waals surface area contributed by atoms with Gasteiger partial charge in [0.1, 0.15) is 34.1 Å². The summed E-state index contributed by atoms with van der Waals surface area (Å²) in [5, 5.41) is 38.5. The van der Waals surface area contributed by atoms with Gasteiger partial charge in [-0.3, -0.25) is 4.79 Å². The van der Waals surface area contributed by atoms with Crippen LogP contribution in [0.4, 0.5) is 4.79 Å². The molecule has 0 saturated heterocycles. The summed E-state index contributed by atoms with van der Waals surface area (Å²) in [6, 6.07) is 2.71. The molecule has 0 bridgehead atoms. The first kappa shape index (κ1) is 40.6. The molecule has 0 radical (unpaired) electrons. The Hall–Kier alpha value is -0.930. The number of rotatable bonds is 6. The predicted molar refractivity (Wildman–Crippen MR) is 107 cm³/mol. The molecule has 0 unspecified atom stereocenters. The van der Waals surface area contributed by atoms with E-state index >= 15 is 0 Å².